The van der Waals surface area contributed by atoms with Crippen molar-refractivity contribution in [1.29, 1.82) is 0 Å². The molecule has 2 heteroatoms. The molecule has 1 aliphatic carbocycles. The van der Waals surface area contributed by atoms with Gasteiger partial charge in [-0.15, -0.1) is 0 Å². The first-order valence-electron chi connectivity index (χ1n) is 7.12. The fraction of sp³-hybridized carbons (Fsp3) is 0.105. The van der Waals surface area contributed by atoms with Gasteiger partial charge in [0.1, 0.15) is 5.75 Å². The maximum Gasteiger partial charge on any atom is 0.196 e. The summed E-state index contributed by atoms with van der Waals surface area (Å²) in [6.45, 7) is 0. The van der Waals surface area contributed by atoms with Gasteiger partial charge in [0.25, 0.3) is 0 Å². The van der Waals surface area contributed by atoms with Gasteiger partial charge in [-0.25, -0.2) is 0 Å². The number of hydrogen-bond donors (Lipinski definition) is 1. The summed E-state index contributed by atoms with van der Waals surface area (Å²) in [7, 11) is 0. The molecular weight excluding hydrogens is 260 g/mol. The molecule has 0 spiro atoms. The summed E-state index contributed by atoms with van der Waals surface area (Å²) in [5.41, 5.74) is 3.44. The van der Waals surface area contributed by atoms with E-state index in [1.54, 1.807) is 12.1 Å². The minimum atomic E-state index is -0.122. The van der Waals surface area contributed by atoms with E-state index in [-0.39, 0.29) is 11.5 Å². The van der Waals surface area contributed by atoms with Gasteiger partial charge in [0.15, 0.2) is 5.78 Å². The number of phenols is 1. The number of hydrogen-bond acceptors (Lipinski definition) is 2. The molecule has 0 unspecified atom stereocenters. The number of carbonyl (C=O) groups is 1. The Bertz CT molecular complexity index is 864. The second kappa shape index (κ2) is 4.45. The van der Waals surface area contributed by atoms with E-state index in [9.17, 15) is 9.90 Å². The van der Waals surface area contributed by atoms with Crippen molar-refractivity contribution in [2.75, 3.05) is 0 Å². The molecule has 0 radical (unpaired) electrons. The van der Waals surface area contributed by atoms with Gasteiger partial charge in [-0.2, -0.15) is 0 Å². The molecule has 4 rings (SSSR count). The number of phenolic OH excluding ortho intramolecular Hbond substituents is 1. The van der Waals surface area contributed by atoms with Crippen molar-refractivity contribution in [3.05, 3.63) is 76.9 Å². The lowest BCUT2D eigenvalue weighted by atomic mass is 9.95. The summed E-state index contributed by atoms with van der Waals surface area (Å²) in [6, 6.07) is 16.9. The van der Waals surface area contributed by atoms with Crippen LogP contribution in [0.2, 0.25) is 0 Å². The molecule has 21 heavy (non-hydrogen) atoms. The molecule has 0 aromatic heterocycles. The molecule has 2 nitrogen and oxygen atoms in total. The second-order valence-corrected chi connectivity index (χ2v) is 5.47. The van der Waals surface area contributed by atoms with Crippen LogP contribution in [0, 0.1) is 0 Å². The van der Waals surface area contributed by atoms with Crippen LogP contribution in [0.15, 0.2) is 54.6 Å². The molecule has 0 aliphatic heterocycles. The van der Waals surface area contributed by atoms with Crippen LogP contribution in [0.5, 0.6) is 5.75 Å². The lowest BCUT2D eigenvalue weighted by Crippen LogP contribution is -2.02. The maximum atomic E-state index is 12.6. The van der Waals surface area contributed by atoms with Crippen molar-refractivity contribution in [1.82, 2.24) is 0 Å². The lowest BCUT2D eigenvalue weighted by Gasteiger charge is -2.10. The second-order valence-electron chi connectivity index (χ2n) is 5.47. The van der Waals surface area contributed by atoms with E-state index in [4.69, 9.17) is 0 Å². The predicted molar refractivity (Wildman–Crippen MR) is 82.9 cm³/mol. The smallest absolute Gasteiger partial charge is 0.196 e. The first kappa shape index (κ1) is 12.2. The van der Waals surface area contributed by atoms with Gasteiger partial charge in [0.05, 0.1) is 5.56 Å². The fourth-order valence-corrected chi connectivity index (χ4v) is 3.23. The minimum Gasteiger partial charge on any atom is -0.507 e. The van der Waals surface area contributed by atoms with E-state index in [2.05, 4.69) is 6.07 Å². The van der Waals surface area contributed by atoms with E-state index in [0.29, 0.717) is 11.1 Å². The quantitative estimate of drug-likeness (QED) is 0.720. The van der Waals surface area contributed by atoms with E-state index in [0.717, 1.165) is 29.2 Å². The van der Waals surface area contributed by atoms with Crippen molar-refractivity contribution in [3.63, 3.8) is 0 Å². The molecule has 102 valence electrons. The third kappa shape index (κ3) is 1.76. The van der Waals surface area contributed by atoms with Gasteiger partial charge in [-0.05, 0) is 35.4 Å². The Hall–Kier alpha value is -2.61. The Kier molecular flexibility index (Phi) is 2.58. The van der Waals surface area contributed by atoms with Crippen LogP contribution in [0.1, 0.15) is 27.0 Å². The van der Waals surface area contributed by atoms with Crippen LogP contribution >= 0.6 is 0 Å². The largest absolute Gasteiger partial charge is 0.507 e. The average molecular weight is 274 g/mol. The number of aryl methyl sites for hydroxylation is 2. The highest BCUT2D eigenvalue weighted by molar-refractivity contribution is 6.14. The molecule has 0 heterocycles. The van der Waals surface area contributed by atoms with Crippen LogP contribution in [0.4, 0.5) is 0 Å². The Morgan fingerprint density at radius 3 is 2.48 bits per heavy atom. The zero-order valence-electron chi connectivity index (χ0n) is 11.5. The lowest BCUT2D eigenvalue weighted by molar-refractivity contribution is 0.103. The van der Waals surface area contributed by atoms with Crippen LogP contribution in [-0.2, 0) is 12.8 Å². The Morgan fingerprint density at radius 1 is 0.905 bits per heavy atom. The van der Waals surface area contributed by atoms with Gasteiger partial charge >= 0.3 is 0 Å². The standard InChI is InChI=1S/C19H14O2/c20-18(13-5-2-1-3-6-13)16-11-14-10-9-12-7-4-8-15(17(12)14)19(16)21/h1-8,11,21H,9-10H2. The van der Waals surface area contributed by atoms with Crippen LogP contribution in [-0.4, -0.2) is 10.9 Å². The summed E-state index contributed by atoms with van der Waals surface area (Å²) in [5.74, 6) is -0.0186. The summed E-state index contributed by atoms with van der Waals surface area (Å²) in [6.07, 6.45) is 1.92. The molecule has 0 atom stereocenters. The zero-order chi connectivity index (χ0) is 14.4. The number of benzene rings is 3. The number of carbonyl (C=O) groups excluding carboxylic acids is 1. The van der Waals surface area contributed by atoms with Gasteiger partial charge in [-0.3, -0.25) is 4.79 Å². The SMILES string of the molecule is O=C(c1ccccc1)c1cc2c3c(cccc3c1O)CC2. The molecule has 0 saturated heterocycles. The monoisotopic (exact) mass is 274 g/mol. The molecule has 0 saturated carbocycles. The first-order valence-corrected chi connectivity index (χ1v) is 7.12. The fourth-order valence-electron chi connectivity index (χ4n) is 3.23. The highest BCUT2D eigenvalue weighted by atomic mass is 16.3. The van der Waals surface area contributed by atoms with E-state index < -0.39 is 0 Å². The third-order valence-corrected chi connectivity index (χ3v) is 4.24. The molecule has 0 amide bonds. The molecule has 1 aliphatic rings. The first-order chi connectivity index (χ1) is 10.3. The Morgan fingerprint density at radius 2 is 1.67 bits per heavy atom. The van der Waals surface area contributed by atoms with Crippen molar-refractivity contribution in [2.24, 2.45) is 0 Å². The molecule has 1 N–H and O–H groups in total. The number of aromatic hydroxyl groups is 1. The molecule has 3 aromatic carbocycles. The zero-order valence-corrected chi connectivity index (χ0v) is 11.5. The molecule has 0 fully saturated rings. The summed E-state index contributed by atoms with van der Waals surface area (Å²) in [5, 5.41) is 12.5. The average Bonchev–Trinajstić information content (AvgIpc) is 2.95. The van der Waals surface area contributed by atoms with E-state index in [1.807, 2.05) is 36.4 Å². The third-order valence-electron chi connectivity index (χ3n) is 4.24. The van der Waals surface area contributed by atoms with E-state index in [1.165, 1.54) is 5.56 Å². The van der Waals surface area contributed by atoms with Crippen molar-refractivity contribution in [2.45, 2.75) is 12.8 Å². The maximum absolute atomic E-state index is 12.6. The summed E-state index contributed by atoms with van der Waals surface area (Å²) < 4.78 is 0. The Balaban J connectivity index is 1.96. The number of ketones is 1. The Labute approximate surface area is 122 Å². The van der Waals surface area contributed by atoms with Gasteiger partial charge in [-0.1, -0.05) is 48.5 Å². The number of rotatable bonds is 2. The van der Waals surface area contributed by atoms with Crippen molar-refractivity contribution >= 4 is 16.6 Å². The van der Waals surface area contributed by atoms with Crippen LogP contribution < -0.4 is 0 Å². The highest BCUT2D eigenvalue weighted by Gasteiger charge is 2.22. The molecular formula is C19H14O2. The summed E-state index contributed by atoms with van der Waals surface area (Å²) >= 11 is 0. The molecule has 0 bridgehead atoms. The highest BCUT2D eigenvalue weighted by Crippen LogP contribution is 2.38. The van der Waals surface area contributed by atoms with Crippen LogP contribution in [0.3, 0.4) is 0 Å². The predicted octanol–water partition coefficient (Wildman–Crippen LogP) is 3.88. The topological polar surface area (TPSA) is 37.3 Å². The van der Waals surface area contributed by atoms with Crippen molar-refractivity contribution < 1.29 is 9.90 Å². The normalized spacial score (nSPS) is 12.8. The van der Waals surface area contributed by atoms with Gasteiger partial charge in [0.2, 0.25) is 0 Å². The van der Waals surface area contributed by atoms with Gasteiger partial charge < -0.3 is 5.11 Å². The van der Waals surface area contributed by atoms with E-state index >= 15 is 0 Å². The minimum absolute atomic E-state index is 0.103. The summed E-state index contributed by atoms with van der Waals surface area (Å²) in [4.78, 5) is 12.6. The van der Waals surface area contributed by atoms with Crippen LogP contribution in [0.25, 0.3) is 10.8 Å². The molecule has 3 aromatic rings. The van der Waals surface area contributed by atoms with Gasteiger partial charge in [0, 0.05) is 10.9 Å². The van der Waals surface area contributed by atoms with Crippen molar-refractivity contribution in [3.8, 4) is 5.75 Å².